The van der Waals surface area contributed by atoms with E-state index in [4.69, 9.17) is 33.7 Å². The van der Waals surface area contributed by atoms with Crippen molar-refractivity contribution in [2.24, 2.45) is 5.73 Å². The summed E-state index contributed by atoms with van der Waals surface area (Å²) in [6.45, 7) is 0. The molecule has 0 saturated heterocycles. The summed E-state index contributed by atoms with van der Waals surface area (Å²) in [5.41, 5.74) is 6.80. The van der Waals surface area contributed by atoms with Crippen LogP contribution in [0.2, 0.25) is 10.0 Å². The summed E-state index contributed by atoms with van der Waals surface area (Å²) in [5.74, 6) is 0. The Labute approximate surface area is 99.3 Å². The van der Waals surface area contributed by atoms with E-state index < -0.39 is 0 Å². The fourth-order valence-corrected chi connectivity index (χ4v) is 2.30. The number of hydrogen-bond donors (Lipinski definition) is 1. The van der Waals surface area contributed by atoms with Gasteiger partial charge in [0.2, 0.25) is 0 Å². The first-order chi connectivity index (χ1) is 7.07. The molecule has 0 heterocycles. The molecule has 0 spiro atoms. The summed E-state index contributed by atoms with van der Waals surface area (Å²) in [5, 5.41) is 1.24. The molecule has 2 N–H and O–H groups in total. The van der Waals surface area contributed by atoms with Crippen LogP contribution in [0.5, 0.6) is 0 Å². The zero-order valence-corrected chi connectivity index (χ0v) is 9.98. The van der Waals surface area contributed by atoms with Crippen LogP contribution in [0.15, 0.2) is 18.2 Å². The van der Waals surface area contributed by atoms with Gasteiger partial charge in [0.1, 0.15) is 6.10 Å². The molecule has 0 amide bonds. The van der Waals surface area contributed by atoms with Gasteiger partial charge in [-0.1, -0.05) is 29.3 Å². The summed E-state index contributed by atoms with van der Waals surface area (Å²) >= 11 is 12.0. The molecule has 0 radical (unpaired) electrons. The van der Waals surface area contributed by atoms with Crippen molar-refractivity contribution >= 4 is 23.2 Å². The van der Waals surface area contributed by atoms with E-state index in [0.29, 0.717) is 10.0 Å². The van der Waals surface area contributed by atoms with Gasteiger partial charge in [-0.2, -0.15) is 0 Å². The maximum atomic E-state index is 6.12. The molecule has 0 bridgehead atoms. The quantitative estimate of drug-likeness (QED) is 0.888. The van der Waals surface area contributed by atoms with Crippen molar-refractivity contribution in [3.8, 4) is 0 Å². The molecule has 2 nitrogen and oxygen atoms in total. The molecule has 1 fully saturated rings. The van der Waals surface area contributed by atoms with E-state index in [1.54, 1.807) is 19.2 Å². The van der Waals surface area contributed by atoms with E-state index in [1.807, 2.05) is 6.07 Å². The van der Waals surface area contributed by atoms with Crippen LogP contribution < -0.4 is 5.73 Å². The lowest BCUT2D eigenvalue weighted by molar-refractivity contribution is 0.0721. The first-order valence-electron chi connectivity index (χ1n) is 4.83. The number of nitrogens with two attached hydrogens (primary N) is 1. The van der Waals surface area contributed by atoms with Gasteiger partial charge in [0.05, 0.1) is 0 Å². The standard InChI is InChI=1S/C11H13Cl2NO/c1-15-10(11(14)4-5-11)8-3-2-7(12)6-9(8)13/h2-3,6,10H,4-5,14H2,1H3. The van der Waals surface area contributed by atoms with Crippen LogP contribution in [-0.4, -0.2) is 12.6 Å². The van der Waals surface area contributed by atoms with Crippen LogP contribution in [0.4, 0.5) is 0 Å². The van der Waals surface area contributed by atoms with E-state index >= 15 is 0 Å². The highest BCUT2D eigenvalue weighted by atomic mass is 35.5. The van der Waals surface area contributed by atoms with E-state index in [9.17, 15) is 0 Å². The molecule has 1 unspecified atom stereocenters. The van der Waals surface area contributed by atoms with Gasteiger partial charge in [-0.3, -0.25) is 0 Å². The summed E-state index contributed by atoms with van der Waals surface area (Å²) in [6, 6.07) is 5.41. The Balaban J connectivity index is 2.34. The van der Waals surface area contributed by atoms with E-state index in [-0.39, 0.29) is 11.6 Å². The largest absolute Gasteiger partial charge is 0.375 e. The number of benzene rings is 1. The molecule has 0 aromatic heterocycles. The minimum Gasteiger partial charge on any atom is -0.375 e. The molecule has 82 valence electrons. The molecule has 1 aliphatic carbocycles. The average molecular weight is 246 g/mol. The van der Waals surface area contributed by atoms with Crippen molar-refractivity contribution < 1.29 is 4.74 Å². The normalized spacial score (nSPS) is 20.0. The highest BCUT2D eigenvalue weighted by Gasteiger charge is 2.47. The van der Waals surface area contributed by atoms with Crippen LogP contribution in [0.1, 0.15) is 24.5 Å². The van der Waals surface area contributed by atoms with E-state index in [0.717, 1.165) is 18.4 Å². The van der Waals surface area contributed by atoms with Gasteiger partial charge in [-0.15, -0.1) is 0 Å². The number of methoxy groups -OCH3 is 1. The Morgan fingerprint density at radius 1 is 1.40 bits per heavy atom. The SMILES string of the molecule is COC(c1ccc(Cl)cc1Cl)C1(N)CC1. The summed E-state index contributed by atoms with van der Waals surface area (Å²) in [6.07, 6.45) is 1.82. The Hall–Kier alpha value is -0.280. The molecular weight excluding hydrogens is 233 g/mol. The third-order valence-electron chi connectivity index (χ3n) is 2.83. The van der Waals surface area contributed by atoms with Crippen LogP contribution >= 0.6 is 23.2 Å². The van der Waals surface area contributed by atoms with Gasteiger partial charge in [-0.25, -0.2) is 0 Å². The lowest BCUT2D eigenvalue weighted by Gasteiger charge is -2.23. The van der Waals surface area contributed by atoms with Gasteiger partial charge >= 0.3 is 0 Å². The highest BCUT2D eigenvalue weighted by molar-refractivity contribution is 6.35. The van der Waals surface area contributed by atoms with Gasteiger partial charge < -0.3 is 10.5 Å². The van der Waals surface area contributed by atoms with Crippen molar-refractivity contribution in [3.05, 3.63) is 33.8 Å². The second-order valence-electron chi connectivity index (χ2n) is 4.01. The smallest absolute Gasteiger partial charge is 0.101 e. The molecule has 1 atom stereocenters. The van der Waals surface area contributed by atoms with Crippen molar-refractivity contribution in [2.75, 3.05) is 7.11 Å². The molecule has 15 heavy (non-hydrogen) atoms. The first-order valence-corrected chi connectivity index (χ1v) is 5.59. The summed E-state index contributed by atoms with van der Waals surface area (Å²) in [7, 11) is 1.66. The molecule has 1 saturated carbocycles. The van der Waals surface area contributed by atoms with Crippen LogP contribution in [0.3, 0.4) is 0 Å². The fourth-order valence-electron chi connectivity index (χ4n) is 1.79. The van der Waals surface area contributed by atoms with Crippen LogP contribution in [0, 0.1) is 0 Å². The first kappa shape index (κ1) is 11.2. The fraction of sp³-hybridized carbons (Fsp3) is 0.455. The summed E-state index contributed by atoms with van der Waals surface area (Å²) in [4.78, 5) is 0. The Morgan fingerprint density at radius 3 is 2.53 bits per heavy atom. The average Bonchev–Trinajstić information content (AvgIpc) is 2.90. The topological polar surface area (TPSA) is 35.2 Å². The van der Waals surface area contributed by atoms with Crippen LogP contribution in [0.25, 0.3) is 0 Å². The van der Waals surface area contributed by atoms with Gasteiger partial charge in [0, 0.05) is 28.3 Å². The summed E-state index contributed by atoms with van der Waals surface area (Å²) < 4.78 is 5.43. The van der Waals surface area contributed by atoms with Gasteiger partial charge in [-0.05, 0) is 25.0 Å². The number of hydrogen-bond acceptors (Lipinski definition) is 2. The monoisotopic (exact) mass is 245 g/mol. The minimum atomic E-state index is -0.244. The molecule has 2 rings (SSSR count). The molecule has 1 aromatic carbocycles. The van der Waals surface area contributed by atoms with Crippen LogP contribution in [-0.2, 0) is 4.74 Å². The molecule has 1 aromatic rings. The molecule has 1 aliphatic rings. The predicted octanol–water partition coefficient (Wildman–Crippen LogP) is 3.17. The van der Waals surface area contributed by atoms with Gasteiger partial charge in [0.15, 0.2) is 0 Å². The lowest BCUT2D eigenvalue weighted by Crippen LogP contribution is -2.32. The van der Waals surface area contributed by atoms with Crippen molar-refractivity contribution in [3.63, 3.8) is 0 Å². The molecule has 4 heteroatoms. The van der Waals surface area contributed by atoms with Gasteiger partial charge in [0.25, 0.3) is 0 Å². The maximum absolute atomic E-state index is 6.12. The second-order valence-corrected chi connectivity index (χ2v) is 4.86. The Morgan fingerprint density at radius 2 is 2.07 bits per heavy atom. The molecular formula is C11H13Cl2NO. The predicted molar refractivity (Wildman–Crippen MR) is 62.4 cm³/mol. The van der Waals surface area contributed by atoms with E-state index in [1.165, 1.54) is 0 Å². The number of halogens is 2. The Kier molecular flexibility index (Phi) is 2.95. The third-order valence-corrected chi connectivity index (χ3v) is 3.39. The highest BCUT2D eigenvalue weighted by Crippen LogP contribution is 2.47. The third kappa shape index (κ3) is 2.13. The Bertz CT molecular complexity index is 377. The van der Waals surface area contributed by atoms with E-state index in [2.05, 4.69) is 0 Å². The van der Waals surface area contributed by atoms with Crippen molar-refractivity contribution in [1.29, 1.82) is 0 Å². The second kappa shape index (κ2) is 3.95. The number of ether oxygens (including phenoxy) is 1. The minimum absolute atomic E-state index is 0.137. The molecule has 0 aliphatic heterocycles. The zero-order chi connectivity index (χ0) is 11.1. The lowest BCUT2D eigenvalue weighted by atomic mass is 10.0. The van der Waals surface area contributed by atoms with Crippen molar-refractivity contribution in [1.82, 2.24) is 0 Å². The maximum Gasteiger partial charge on any atom is 0.101 e. The number of rotatable bonds is 3. The van der Waals surface area contributed by atoms with Crippen molar-refractivity contribution in [2.45, 2.75) is 24.5 Å². The zero-order valence-electron chi connectivity index (χ0n) is 8.47.